The second-order valence-electron chi connectivity index (χ2n) is 2.75. The van der Waals surface area contributed by atoms with Crippen molar-refractivity contribution in [3.8, 4) is 0 Å². The zero-order valence-corrected chi connectivity index (χ0v) is 8.06. The van der Waals surface area contributed by atoms with Crippen LogP contribution in [0.5, 0.6) is 0 Å². The Kier molecular flexibility index (Phi) is 3.15. The molecule has 0 aliphatic heterocycles. The van der Waals surface area contributed by atoms with Crippen molar-refractivity contribution in [1.82, 2.24) is 0 Å². The van der Waals surface area contributed by atoms with Crippen molar-refractivity contribution in [2.75, 3.05) is 0 Å². The molecule has 1 rings (SSSR count). The predicted molar refractivity (Wildman–Crippen MR) is 54.6 cm³/mol. The predicted octanol–water partition coefficient (Wildman–Crippen LogP) is 3.16. The highest BCUT2D eigenvalue weighted by atomic mass is 32.1. The summed E-state index contributed by atoms with van der Waals surface area (Å²) < 4.78 is 0. The van der Waals surface area contributed by atoms with E-state index in [9.17, 15) is 0 Å². The van der Waals surface area contributed by atoms with Gasteiger partial charge in [0, 0.05) is 0 Å². The van der Waals surface area contributed by atoms with Gasteiger partial charge in [-0.05, 0) is 37.2 Å². The van der Waals surface area contributed by atoms with Gasteiger partial charge in [-0.25, -0.2) is 4.99 Å². The van der Waals surface area contributed by atoms with Crippen LogP contribution < -0.4 is 0 Å². The van der Waals surface area contributed by atoms with E-state index in [1.807, 2.05) is 19.1 Å². The maximum Gasteiger partial charge on any atom is 0.0826 e. The number of rotatable bonds is 2. The van der Waals surface area contributed by atoms with Crippen LogP contribution in [0.4, 0.5) is 0 Å². The first kappa shape index (κ1) is 9.11. The molecule has 1 aromatic carbocycles. The minimum atomic E-state index is 0.128. The SMILES string of the molecule is Cc1ccccc1C(C)N=C=S. The molecule has 2 heteroatoms. The number of thiocarbonyl (C=S) groups is 1. The number of hydrogen-bond acceptors (Lipinski definition) is 2. The highest BCUT2D eigenvalue weighted by Crippen LogP contribution is 2.19. The van der Waals surface area contributed by atoms with Crippen LogP contribution in [-0.2, 0) is 0 Å². The standard InChI is InChI=1S/C10H11NS/c1-8-5-3-4-6-10(8)9(2)11-7-12/h3-6,9H,1-2H3. The summed E-state index contributed by atoms with van der Waals surface area (Å²) in [7, 11) is 0. The molecule has 0 fully saturated rings. The number of isothiocyanates is 1. The van der Waals surface area contributed by atoms with Gasteiger partial charge in [-0.3, -0.25) is 0 Å². The third kappa shape index (κ3) is 2.00. The Morgan fingerprint density at radius 3 is 2.67 bits per heavy atom. The molecule has 1 nitrogen and oxygen atoms in total. The van der Waals surface area contributed by atoms with Gasteiger partial charge in [0.15, 0.2) is 0 Å². The fourth-order valence-electron chi connectivity index (χ4n) is 1.20. The summed E-state index contributed by atoms with van der Waals surface area (Å²) in [5.74, 6) is 0. The first-order valence-electron chi connectivity index (χ1n) is 3.88. The van der Waals surface area contributed by atoms with E-state index in [1.54, 1.807) is 0 Å². The van der Waals surface area contributed by atoms with Gasteiger partial charge in [-0.2, -0.15) is 0 Å². The van der Waals surface area contributed by atoms with Gasteiger partial charge in [0.2, 0.25) is 0 Å². The number of benzene rings is 1. The minimum absolute atomic E-state index is 0.128. The Hall–Kier alpha value is -0.980. The zero-order valence-electron chi connectivity index (χ0n) is 7.24. The third-order valence-corrected chi connectivity index (χ3v) is 1.99. The summed E-state index contributed by atoms with van der Waals surface area (Å²) in [5.41, 5.74) is 2.47. The van der Waals surface area contributed by atoms with Crippen LogP contribution in [0.3, 0.4) is 0 Å². The molecular weight excluding hydrogens is 166 g/mol. The summed E-state index contributed by atoms with van der Waals surface area (Å²) in [5, 5.41) is 2.40. The first-order chi connectivity index (χ1) is 5.75. The molecule has 62 valence electrons. The number of hydrogen-bond donors (Lipinski definition) is 0. The van der Waals surface area contributed by atoms with Crippen molar-refractivity contribution in [2.24, 2.45) is 4.99 Å². The summed E-state index contributed by atoms with van der Waals surface area (Å²) in [6.07, 6.45) is 0. The van der Waals surface area contributed by atoms with Crippen molar-refractivity contribution < 1.29 is 0 Å². The molecule has 1 atom stereocenters. The topological polar surface area (TPSA) is 12.4 Å². The van der Waals surface area contributed by atoms with Gasteiger partial charge in [-0.15, -0.1) is 0 Å². The summed E-state index contributed by atoms with van der Waals surface area (Å²) in [6, 6.07) is 8.30. The number of nitrogens with zero attached hydrogens (tertiary/aromatic N) is 1. The maximum atomic E-state index is 4.55. The molecule has 0 bridgehead atoms. The van der Waals surface area contributed by atoms with E-state index in [4.69, 9.17) is 0 Å². The molecule has 0 amide bonds. The van der Waals surface area contributed by atoms with Crippen LogP contribution in [0.2, 0.25) is 0 Å². The molecule has 0 radical (unpaired) electrons. The lowest BCUT2D eigenvalue weighted by Gasteiger charge is -2.07. The fourth-order valence-corrected chi connectivity index (χ4v) is 1.36. The van der Waals surface area contributed by atoms with Crippen LogP contribution in [0, 0.1) is 6.92 Å². The van der Waals surface area contributed by atoms with E-state index in [0.29, 0.717) is 0 Å². The monoisotopic (exact) mass is 177 g/mol. The largest absolute Gasteiger partial charge is 0.225 e. The molecule has 12 heavy (non-hydrogen) atoms. The molecule has 0 aliphatic carbocycles. The molecule has 0 saturated heterocycles. The number of aryl methyl sites for hydroxylation is 1. The highest BCUT2D eigenvalue weighted by molar-refractivity contribution is 7.78. The molecule has 0 aliphatic rings. The van der Waals surface area contributed by atoms with E-state index >= 15 is 0 Å². The van der Waals surface area contributed by atoms with E-state index in [0.717, 1.165) is 0 Å². The average Bonchev–Trinajstić information content (AvgIpc) is 2.05. The fraction of sp³-hybridized carbons (Fsp3) is 0.300. The Labute approximate surface area is 78.1 Å². The van der Waals surface area contributed by atoms with Crippen LogP contribution in [0.25, 0.3) is 0 Å². The zero-order chi connectivity index (χ0) is 8.97. The number of aliphatic imine (C=N–C) groups is 1. The maximum absolute atomic E-state index is 4.55. The molecule has 1 unspecified atom stereocenters. The van der Waals surface area contributed by atoms with E-state index in [1.165, 1.54) is 11.1 Å². The molecular formula is C10H11NS. The lowest BCUT2D eigenvalue weighted by molar-refractivity contribution is 0.819. The molecule has 0 aromatic heterocycles. The van der Waals surface area contributed by atoms with Crippen molar-refractivity contribution in [3.63, 3.8) is 0 Å². The van der Waals surface area contributed by atoms with Gasteiger partial charge in [-0.1, -0.05) is 24.3 Å². The second kappa shape index (κ2) is 4.15. The molecule has 0 spiro atoms. The molecule has 0 N–H and O–H groups in total. The molecule has 0 heterocycles. The van der Waals surface area contributed by atoms with Crippen molar-refractivity contribution in [1.29, 1.82) is 0 Å². The Morgan fingerprint density at radius 2 is 2.08 bits per heavy atom. The lowest BCUT2D eigenvalue weighted by Crippen LogP contribution is -1.91. The summed E-state index contributed by atoms with van der Waals surface area (Å²) in [4.78, 5) is 4.02. The van der Waals surface area contributed by atoms with Gasteiger partial charge in [0.05, 0.1) is 11.2 Å². The third-order valence-electron chi connectivity index (χ3n) is 1.88. The van der Waals surface area contributed by atoms with Gasteiger partial charge >= 0.3 is 0 Å². The van der Waals surface area contributed by atoms with Crippen molar-refractivity contribution in [3.05, 3.63) is 35.4 Å². The Morgan fingerprint density at radius 1 is 1.42 bits per heavy atom. The summed E-state index contributed by atoms with van der Waals surface area (Å²) in [6.45, 7) is 4.09. The Balaban J connectivity index is 3.02. The Bertz CT molecular complexity index is 313. The smallest absolute Gasteiger partial charge is 0.0826 e. The average molecular weight is 177 g/mol. The summed E-state index contributed by atoms with van der Waals surface area (Å²) >= 11 is 4.55. The van der Waals surface area contributed by atoms with Gasteiger partial charge in [0.25, 0.3) is 0 Å². The van der Waals surface area contributed by atoms with Gasteiger partial charge < -0.3 is 0 Å². The minimum Gasteiger partial charge on any atom is -0.225 e. The molecule has 0 saturated carbocycles. The van der Waals surface area contributed by atoms with Crippen LogP contribution in [-0.4, -0.2) is 5.16 Å². The van der Waals surface area contributed by atoms with Crippen LogP contribution in [0.15, 0.2) is 29.3 Å². The van der Waals surface area contributed by atoms with E-state index < -0.39 is 0 Å². The highest BCUT2D eigenvalue weighted by Gasteiger charge is 2.03. The van der Waals surface area contributed by atoms with E-state index in [-0.39, 0.29) is 6.04 Å². The normalized spacial score (nSPS) is 11.8. The van der Waals surface area contributed by atoms with Crippen molar-refractivity contribution in [2.45, 2.75) is 19.9 Å². The van der Waals surface area contributed by atoms with Crippen molar-refractivity contribution >= 4 is 17.4 Å². The molecule has 1 aromatic rings. The quantitative estimate of drug-likeness (QED) is 0.499. The van der Waals surface area contributed by atoms with Crippen LogP contribution in [0.1, 0.15) is 24.1 Å². The lowest BCUT2D eigenvalue weighted by atomic mass is 10.0. The van der Waals surface area contributed by atoms with E-state index in [2.05, 4.69) is 41.4 Å². The second-order valence-corrected chi connectivity index (χ2v) is 2.94. The van der Waals surface area contributed by atoms with Crippen LogP contribution >= 0.6 is 12.2 Å². The first-order valence-corrected chi connectivity index (χ1v) is 4.29. The van der Waals surface area contributed by atoms with Gasteiger partial charge in [0.1, 0.15) is 0 Å².